The largest absolute Gasteiger partial charge is 0.494 e. The summed E-state index contributed by atoms with van der Waals surface area (Å²) in [5.74, 6) is 1.51. The molecule has 1 saturated heterocycles. The Morgan fingerprint density at radius 1 is 0.962 bits per heavy atom. The molecule has 0 bridgehead atoms. The highest BCUT2D eigenvalue weighted by Crippen LogP contribution is 2.27. The molecule has 1 aromatic rings. The first-order valence-electron chi connectivity index (χ1n) is 9.95. The van der Waals surface area contributed by atoms with Crippen LogP contribution >= 0.6 is 0 Å². The van der Waals surface area contributed by atoms with E-state index in [2.05, 4.69) is 0 Å². The van der Waals surface area contributed by atoms with Crippen molar-refractivity contribution < 1.29 is 14.3 Å². The van der Waals surface area contributed by atoms with E-state index >= 15 is 0 Å². The van der Waals surface area contributed by atoms with Gasteiger partial charge in [-0.3, -0.25) is 9.59 Å². The van der Waals surface area contributed by atoms with Crippen LogP contribution in [0.15, 0.2) is 24.3 Å². The molecule has 2 aliphatic rings. The van der Waals surface area contributed by atoms with Gasteiger partial charge in [0, 0.05) is 32.1 Å². The van der Waals surface area contributed by atoms with Crippen LogP contribution in [-0.2, 0) is 16.0 Å². The fraction of sp³-hybridized carbons (Fsp3) is 0.619. The van der Waals surface area contributed by atoms with Crippen LogP contribution in [0.1, 0.15) is 44.6 Å². The molecule has 5 nitrogen and oxygen atoms in total. The molecule has 1 heterocycles. The second-order valence-electron chi connectivity index (χ2n) is 7.29. The van der Waals surface area contributed by atoms with E-state index in [0.29, 0.717) is 32.0 Å². The van der Waals surface area contributed by atoms with Crippen LogP contribution in [0.5, 0.6) is 5.75 Å². The van der Waals surface area contributed by atoms with Crippen molar-refractivity contribution in [2.75, 3.05) is 32.8 Å². The van der Waals surface area contributed by atoms with E-state index in [1.165, 1.54) is 12.8 Å². The monoisotopic (exact) mass is 358 g/mol. The van der Waals surface area contributed by atoms with Gasteiger partial charge in [0.05, 0.1) is 13.0 Å². The molecule has 26 heavy (non-hydrogen) atoms. The van der Waals surface area contributed by atoms with Gasteiger partial charge in [-0.25, -0.2) is 0 Å². The van der Waals surface area contributed by atoms with Gasteiger partial charge < -0.3 is 14.5 Å². The molecule has 0 radical (unpaired) electrons. The maximum Gasteiger partial charge on any atom is 0.227 e. The zero-order valence-corrected chi connectivity index (χ0v) is 15.8. The summed E-state index contributed by atoms with van der Waals surface area (Å²) in [5, 5.41) is 0. The lowest BCUT2D eigenvalue weighted by atomic mass is 10.1. The van der Waals surface area contributed by atoms with Crippen molar-refractivity contribution in [1.82, 2.24) is 9.80 Å². The highest BCUT2D eigenvalue weighted by Gasteiger charge is 2.29. The number of rotatable bonds is 5. The van der Waals surface area contributed by atoms with Crippen LogP contribution < -0.4 is 4.74 Å². The van der Waals surface area contributed by atoms with Gasteiger partial charge in [-0.2, -0.15) is 0 Å². The smallest absolute Gasteiger partial charge is 0.227 e. The Bertz CT molecular complexity index is 608. The number of amides is 2. The van der Waals surface area contributed by atoms with Crippen molar-refractivity contribution in [1.29, 1.82) is 0 Å². The predicted molar refractivity (Wildman–Crippen MR) is 101 cm³/mol. The molecule has 1 saturated carbocycles. The summed E-state index contributed by atoms with van der Waals surface area (Å²) in [6.45, 7) is 5.44. The summed E-state index contributed by atoms with van der Waals surface area (Å²) in [5.41, 5.74) is 1.00. The van der Waals surface area contributed by atoms with E-state index in [4.69, 9.17) is 4.74 Å². The average molecular weight is 358 g/mol. The number of hydrogen-bond acceptors (Lipinski definition) is 3. The normalized spacial score (nSPS) is 18.7. The third-order valence-corrected chi connectivity index (χ3v) is 5.45. The summed E-state index contributed by atoms with van der Waals surface area (Å²) < 4.78 is 5.44. The first kappa shape index (κ1) is 18.7. The van der Waals surface area contributed by atoms with Crippen molar-refractivity contribution in [2.45, 2.75) is 45.4 Å². The molecule has 142 valence electrons. The highest BCUT2D eigenvalue weighted by molar-refractivity contribution is 5.80. The molecular formula is C21H30N2O3. The lowest BCUT2D eigenvalue weighted by Crippen LogP contribution is -2.39. The van der Waals surface area contributed by atoms with Crippen molar-refractivity contribution in [3.8, 4) is 5.75 Å². The Morgan fingerprint density at radius 2 is 1.62 bits per heavy atom. The molecule has 1 aliphatic heterocycles. The first-order valence-corrected chi connectivity index (χ1v) is 9.95. The molecule has 2 amide bonds. The third kappa shape index (κ3) is 4.77. The zero-order valence-electron chi connectivity index (χ0n) is 15.8. The van der Waals surface area contributed by atoms with Crippen molar-refractivity contribution in [2.24, 2.45) is 5.92 Å². The Balaban J connectivity index is 1.51. The minimum absolute atomic E-state index is 0.143. The van der Waals surface area contributed by atoms with Gasteiger partial charge >= 0.3 is 0 Å². The Kier molecular flexibility index (Phi) is 6.53. The zero-order chi connectivity index (χ0) is 18.4. The maximum absolute atomic E-state index is 12.7. The Hall–Kier alpha value is -2.04. The van der Waals surface area contributed by atoms with Crippen LogP contribution in [0.25, 0.3) is 0 Å². The van der Waals surface area contributed by atoms with Gasteiger partial charge in [0.15, 0.2) is 0 Å². The minimum atomic E-state index is 0.143. The summed E-state index contributed by atoms with van der Waals surface area (Å²) in [4.78, 5) is 29.2. The molecule has 3 rings (SSSR count). The predicted octanol–water partition coefficient (Wildman–Crippen LogP) is 2.88. The quantitative estimate of drug-likeness (QED) is 0.813. The van der Waals surface area contributed by atoms with Gasteiger partial charge in [0.2, 0.25) is 11.8 Å². The lowest BCUT2D eigenvalue weighted by molar-refractivity contribution is -0.136. The summed E-state index contributed by atoms with van der Waals surface area (Å²) in [6.07, 6.45) is 5.70. The van der Waals surface area contributed by atoms with Crippen LogP contribution in [0.3, 0.4) is 0 Å². The molecule has 0 N–H and O–H groups in total. The van der Waals surface area contributed by atoms with Crippen molar-refractivity contribution in [3.63, 3.8) is 0 Å². The standard InChI is InChI=1S/C21H30N2O3/c1-2-26-19-10-8-17(9-11-19)16-20(24)22-12-5-13-23(15-14-22)21(25)18-6-3-4-7-18/h8-11,18H,2-7,12-16H2,1H3. The fourth-order valence-corrected chi connectivity index (χ4v) is 3.97. The van der Waals surface area contributed by atoms with Crippen LogP contribution in [0, 0.1) is 5.92 Å². The Labute approximate surface area is 156 Å². The van der Waals surface area contributed by atoms with Gasteiger partial charge in [-0.1, -0.05) is 25.0 Å². The van der Waals surface area contributed by atoms with E-state index in [9.17, 15) is 9.59 Å². The van der Waals surface area contributed by atoms with Gasteiger partial charge in [-0.15, -0.1) is 0 Å². The number of nitrogens with zero attached hydrogens (tertiary/aromatic N) is 2. The molecule has 1 aliphatic carbocycles. The molecule has 1 aromatic carbocycles. The molecule has 2 fully saturated rings. The molecular weight excluding hydrogens is 328 g/mol. The number of carbonyl (C=O) groups is 2. The second-order valence-corrected chi connectivity index (χ2v) is 7.29. The molecule has 0 atom stereocenters. The Morgan fingerprint density at radius 3 is 2.31 bits per heavy atom. The van der Waals surface area contributed by atoms with Crippen LogP contribution in [0.2, 0.25) is 0 Å². The lowest BCUT2D eigenvalue weighted by Gasteiger charge is -2.24. The summed E-state index contributed by atoms with van der Waals surface area (Å²) in [6, 6.07) is 7.74. The maximum atomic E-state index is 12.7. The summed E-state index contributed by atoms with van der Waals surface area (Å²) in [7, 11) is 0. The highest BCUT2D eigenvalue weighted by atomic mass is 16.5. The molecule has 5 heteroatoms. The van der Waals surface area contributed by atoms with Crippen molar-refractivity contribution in [3.05, 3.63) is 29.8 Å². The second kappa shape index (κ2) is 9.06. The number of ether oxygens (including phenoxy) is 1. The van der Waals surface area contributed by atoms with Crippen LogP contribution in [0.4, 0.5) is 0 Å². The fourth-order valence-electron chi connectivity index (χ4n) is 3.97. The van der Waals surface area contributed by atoms with E-state index in [0.717, 1.165) is 43.7 Å². The summed E-state index contributed by atoms with van der Waals surface area (Å²) >= 11 is 0. The third-order valence-electron chi connectivity index (χ3n) is 5.45. The van der Waals surface area contributed by atoms with Gasteiger partial charge in [0.1, 0.15) is 5.75 Å². The van der Waals surface area contributed by atoms with E-state index in [1.54, 1.807) is 0 Å². The van der Waals surface area contributed by atoms with Gasteiger partial charge in [-0.05, 0) is 43.9 Å². The van der Waals surface area contributed by atoms with E-state index in [-0.39, 0.29) is 11.8 Å². The number of hydrogen-bond donors (Lipinski definition) is 0. The van der Waals surface area contributed by atoms with Crippen molar-refractivity contribution >= 4 is 11.8 Å². The minimum Gasteiger partial charge on any atom is -0.494 e. The van der Waals surface area contributed by atoms with E-state index < -0.39 is 0 Å². The van der Waals surface area contributed by atoms with E-state index in [1.807, 2.05) is 41.0 Å². The number of benzene rings is 1. The number of carbonyl (C=O) groups excluding carboxylic acids is 2. The first-order chi connectivity index (χ1) is 12.7. The topological polar surface area (TPSA) is 49.9 Å². The molecule has 0 aromatic heterocycles. The molecule has 0 unspecified atom stereocenters. The van der Waals surface area contributed by atoms with Crippen LogP contribution in [-0.4, -0.2) is 54.4 Å². The average Bonchev–Trinajstić information content (AvgIpc) is 3.07. The van der Waals surface area contributed by atoms with Gasteiger partial charge in [0.25, 0.3) is 0 Å². The SMILES string of the molecule is CCOc1ccc(CC(=O)N2CCCN(C(=O)C3CCCC3)CC2)cc1. The molecule has 0 spiro atoms.